The third kappa shape index (κ3) is 4.40. The highest BCUT2D eigenvalue weighted by atomic mass is 35.5. The Labute approximate surface area is 130 Å². The van der Waals surface area contributed by atoms with E-state index in [4.69, 9.17) is 10.5 Å². The molecule has 1 aliphatic heterocycles. The first-order valence-electron chi connectivity index (χ1n) is 6.94. The van der Waals surface area contributed by atoms with Crippen LogP contribution < -0.4 is 5.73 Å². The van der Waals surface area contributed by atoms with Crippen molar-refractivity contribution in [3.63, 3.8) is 0 Å². The molecule has 2 N–H and O–H groups in total. The third-order valence-electron chi connectivity index (χ3n) is 3.70. The van der Waals surface area contributed by atoms with Gasteiger partial charge < -0.3 is 15.4 Å². The molecule has 6 heteroatoms. The van der Waals surface area contributed by atoms with Crippen molar-refractivity contribution in [1.82, 2.24) is 4.90 Å². The number of amides is 1. The minimum atomic E-state index is -0.638. The molecule has 1 amide bonds. The molecule has 1 saturated heterocycles. The molecule has 1 aliphatic rings. The SMILES string of the molecule is COCC(N)C(=O)N1CCCCC1c1ccc(F)cc1.Cl. The number of carbonyl (C=O) groups is 1. The van der Waals surface area contributed by atoms with Crippen LogP contribution in [0.2, 0.25) is 0 Å². The molecule has 0 aliphatic carbocycles. The molecule has 1 aromatic rings. The summed E-state index contributed by atoms with van der Waals surface area (Å²) < 4.78 is 18.0. The summed E-state index contributed by atoms with van der Waals surface area (Å²) in [4.78, 5) is 14.2. The number of rotatable bonds is 4. The normalized spacial score (nSPS) is 19.8. The van der Waals surface area contributed by atoms with Gasteiger partial charge in [0.25, 0.3) is 0 Å². The Bertz CT molecular complexity index is 455. The molecule has 1 fully saturated rings. The molecule has 1 heterocycles. The molecule has 0 spiro atoms. The Morgan fingerprint density at radius 1 is 1.43 bits per heavy atom. The molecule has 118 valence electrons. The van der Waals surface area contributed by atoms with E-state index in [1.165, 1.54) is 19.2 Å². The standard InChI is InChI=1S/C15H21FN2O2.ClH/c1-20-10-13(17)15(19)18-9-3-2-4-14(18)11-5-7-12(16)8-6-11;/h5-8,13-14H,2-4,9-10,17H2,1H3;1H. The van der Waals surface area contributed by atoms with E-state index < -0.39 is 6.04 Å². The van der Waals surface area contributed by atoms with Crippen molar-refractivity contribution in [3.05, 3.63) is 35.6 Å². The van der Waals surface area contributed by atoms with E-state index in [9.17, 15) is 9.18 Å². The molecule has 0 radical (unpaired) electrons. The van der Waals surface area contributed by atoms with Crippen LogP contribution in [0, 0.1) is 5.82 Å². The fourth-order valence-corrected chi connectivity index (χ4v) is 2.69. The summed E-state index contributed by atoms with van der Waals surface area (Å²) in [7, 11) is 1.53. The lowest BCUT2D eigenvalue weighted by atomic mass is 9.94. The maximum atomic E-state index is 13.0. The maximum absolute atomic E-state index is 13.0. The fourth-order valence-electron chi connectivity index (χ4n) is 2.69. The molecular weight excluding hydrogens is 295 g/mol. The number of halogens is 2. The van der Waals surface area contributed by atoms with Gasteiger partial charge in [0.1, 0.15) is 11.9 Å². The lowest BCUT2D eigenvalue weighted by Crippen LogP contribution is -2.49. The Hall–Kier alpha value is -1.17. The van der Waals surface area contributed by atoms with Crippen LogP contribution in [0.4, 0.5) is 4.39 Å². The van der Waals surface area contributed by atoms with Crippen LogP contribution in [0.5, 0.6) is 0 Å². The topological polar surface area (TPSA) is 55.6 Å². The number of benzene rings is 1. The van der Waals surface area contributed by atoms with Crippen molar-refractivity contribution >= 4 is 18.3 Å². The molecular formula is C15H22ClFN2O2. The predicted octanol–water partition coefficient (Wildman–Crippen LogP) is 2.27. The van der Waals surface area contributed by atoms with Crippen molar-refractivity contribution < 1.29 is 13.9 Å². The second-order valence-electron chi connectivity index (χ2n) is 5.16. The first-order valence-corrected chi connectivity index (χ1v) is 6.94. The fraction of sp³-hybridized carbons (Fsp3) is 0.533. The van der Waals surface area contributed by atoms with Crippen molar-refractivity contribution in [2.24, 2.45) is 5.73 Å². The number of carbonyl (C=O) groups excluding carboxylic acids is 1. The summed E-state index contributed by atoms with van der Waals surface area (Å²) in [5, 5.41) is 0. The van der Waals surface area contributed by atoms with E-state index >= 15 is 0 Å². The van der Waals surface area contributed by atoms with Crippen molar-refractivity contribution in [2.45, 2.75) is 31.3 Å². The van der Waals surface area contributed by atoms with Crippen molar-refractivity contribution in [3.8, 4) is 0 Å². The van der Waals surface area contributed by atoms with Crippen LogP contribution in [0.3, 0.4) is 0 Å². The number of nitrogens with two attached hydrogens (primary N) is 1. The molecule has 2 atom stereocenters. The molecule has 2 unspecified atom stereocenters. The highest BCUT2D eigenvalue weighted by molar-refractivity contribution is 5.85. The molecule has 2 rings (SSSR count). The van der Waals surface area contributed by atoms with E-state index in [0.717, 1.165) is 24.8 Å². The first-order chi connectivity index (χ1) is 9.63. The van der Waals surface area contributed by atoms with E-state index in [2.05, 4.69) is 0 Å². The Balaban J connectivity index is 0.00000220. The number of piperidine rings is 1. The van der Waals surface area contributed by atoms with E-state index in [1.807, 2.05) is 0 Å². The van der Waals surface area contributed by atoms with Crippen molar-refractivity contribution in [2.75, 3.05) is 20.3 Å². The molecule has 0 saturated carbocycles. The summed E-state index contributed by atoms with van der Waals surface area (Å²) in [6, 6.07) is 5.70. The third-order valence-corrected chi connectivity index (χ3v) is 3.70. The minimum Gasteiger partial charge on any atom is -0.383 e. The van der Waals surface area contributed by atoms with Crippen molar-refractivity contribution in [1.29, 1.82) is 0 Å². The van der Waals surface area contributed by atoms with Gasteiger partial charge in [-0.25, -0.2) is 4.39 Å². The zero-order chi connectivity index (χ0) is 14.5. The monoisotopic (exact) mass is 316 g/mol. The number of ether oxygens (including phenoxy) is 1. The summed E-state index contributed by atoms with van der Waals surface area (Å²) in [6.45, 7) is 0.907. The number of hydrogen-bond acceptors (Lipinski definition) is 3. The van der Waals surface area contributed by atoms with Gasteiger partial charge in [-0.05, 0) is 37.0 Å². The Kier molecular flexibility index (Phi) is 7.08. The predicted molar refractivity (Wildman–Crippen MR) is 81.8 cm³/mol. The van der Waals surface area contributed by atoms with Gasteiger partial charge in [0.15, 0.2) is 0 Å². The molecule has 1 aromatic carbocycles. The van der Waals surface area contributed by atoms with Crippen LogP contribution in [0.25, 0.3) is 0 Å². The van der Waals surface area contributed by atoms with Crippen LogP contribution >= 0.6 is 12.4 Å². The lowest BCUT2D eigenvalue weighted by Gasteiger charge is -2.37. The van der Waals surface area contributed by atoms with Crippen LogP contribution in [-0.2, 0) is 9.53 Å². The lowest BCUT2D eigenvalue weighted by molar-refractivity contribution is -0.137. The van der Waals surface area contributed by atoms with Gasteiger partial charge >= 0.3 is 0 Å². The summed E-state index contributed by atoms with van der Waals surface area (Å²) in [5.74, 6) is -0.362. The highest BCUT2D eigenvalue weighted by Gasteiger charge is 2.30. The highest BCUT2D eigenvalue weighted by Crippen LogP contribution is 2.31. The zero-order valence-corrected chi connectivity index (χ0v) is 12.9. The molecule has 0 bridgehead atoms. The summed E-state index contributed by atoms with van der Waals surface area (Å²) in [6.07, 6.45) is 2.92. The maximum Gasteiger partial charge on any atom is 0.242 e. The number of nitrogens with zero attached hydrogens (tertiary/aromatic N) is 1. The van der Waals surface area contributed by atoms with Gasteiger partial charge in [-0.3, -0.25) is 4.79 Å². The second kappa shape index (κ2) is 8.32. The summed E-state index contributed by atoms with van der Waals surface area (Å²) in [5.41, 5.74) is 6.81. The number of likely N-dealkylation sites (tertiary alicyclic amines) is 1. The second-order valence-corrected chi connectivity index (χ2v) is 5.16. The number of methoxy groups -OCH3 is 1. The van der Waals surface area contributed by atoms with Gasteiger partial charge in [0, 0.05) is 13.7 Å². The molecule has 4 nitrogen and oxygen atoms in total. The Morgan fingerprint density at radius 3 is 2.71 bits per heavy atom. The smallest absolute Gasteiger partial charge is 0.242 e. The quantitative estimate of drug-likeness (QED) is 0.927. The first kappa shape index (κ1) is 17.9. The average molecular weight is 317 g/mol. The largest absolute Gasteiger partial charge is 0.383 e. The van der Waals surface area contributed by atoms with E-state index in [1.54, 1.807) is 17.0 Å². The van der Waals surface area contributed by atoms with Crippen LogP contribution in [-0.4, -0.2) is 37.1 Å². The van der Waals surface area contributed by atoms with Gasteiger partial charge in [0.05, 0.1) is 12.6 Å². The molecule has 0 aromatic heterocycles. The van der Waals surface area contributed by atoms with Crippen LogP contribution in [0.15, 0.2) is 24.3 Å². The van der Waals surface area contributed by atoms with Gasteiger partial charge in [-0.15, -0.1) is 12.4 Å². The van der Waals surface area contributed by atoms with Gasteiger partial charge in [0.2, 0.25) is 5.91 Å². The van der Waals surface area contributed by atoms with Gasteiger partial charge in [-0.2, -0.15) is 0 Å². The average Bonchev–Trinajstić information content (AvgIpc) is 2.47. The van der Waals surface area contributed by atoms with E-state index in [-0.39, 0.29) is 36.8 Å². The van der Waals surface area contributed by atoms with E-state index in [0.29, 0.717) is 6.54 Å². The number of hydrogen-bond donors (Lipinski definition) is 1. The minimum absolute atomic E-state index is 0. The Morgan fingerprint density at radius 2 is 2.10 bits per heavy atom. The van der Waals surface area contributed by atoms with Gasteiger partial charge in [-0.1, -0.05) is 12.1 Å². The van der Waals surface area contributed by atoms with Crippen LogP contribution in [0.1, 0.15) is 30.9 Å². The molecule has 21 heavy (non-hydrogen) atoms. The zero-order valence-electron chi connectivity index (χ0n) is 12.1. The summed E-state index contributed by atoms with van der Waals surface area (Å²) >= 11 is 0.